The number of primary amides is 1. The number of hydrogen-bond acceptors (Lipinski definition) is 3. The van der Waals surface area contributed by atoms with Crippen LogP contribution in [0.4, 0.5) is 0 Å². The van der Waals surface area contributed by atoms with Gasteiger partial charge in [-0.2, -0.15) is 0 Å². The summed E-state index contributed by atoms with van der Waals surface area (Å²) in [6.07, 6.45) is 7.12. The van der Waals surface area contributed by atoms with Crippen molar-refractivity contribution in [3.05, 3.63) is 60.7 Å². The van der Waals surface area contributed by atoms with E-state index < -0.39 is 5.91 Å². The number of carbonyl (C=O) groups is 1. The fourth-order valence-corrected chi connectivity index (χ4v) is 2.79. The summed E-state index contributed by atoms with van der Waals surface area (Å²) in [6, 6.07) is 9.73. The highest BCUT2D eigenvalue weighted by Gasteiger charge is 2.07. The molecule has 3 heterocycles. The van der Waals surface area contributed by atoms with Gasteiger partial charge in [0.15, 0.2) is 0 Å². The van der Waals surface area contributed by atoms with E-state index in [-0.39, 0.29) is 0 Å². The molecule has 0 atom stereocenters. The highest BCUT2D eigenvalue weighted by Crippen LogP contribution is 2.30. The molecule has 4 nitrogen and oxygen atoms in total. The Morgan fingerprint density at radius 1 is 1.16 bits per heavy atom. The third-order valence-electron chi connectivity index (χ3n) is 2.79. The van der Waals surface area contributed by atoms with E-state index in [9.17, 15) is 4.79 Å². The van der Waals surface area contributed by atoms with Gasteiger partial charge >= 0.3 is 0 Å². The van der Waals surface area contributed by atoms with Gasteiger partial charge in [0, 0.05) is 29.7 Å². The van der Waals surface area contributed by atoms with Crippen LogP contribution in [0.15, 0.2) is 55.1 Å². The minimum atomic E-state index is -0.412. The van der Waals surface area contributed by atoms with Crippen LogP contribution in [0.3, 0.4) is 0 Å². The molecule has 5 heteroatoms. The van der Waals surface area contributed by atoms with Crippen LogP contribution < -0.4 is 5.73 Å². The summed E-state index contributed by atoms with van der Waals surface area (Å²) in [5.74, 6) is -0.412. The molecule has 19 heavy (non-hydrogen) atoms. The number of nitrogens with zero attached hydrogens (tertiary/aromatic N) is 2. The second-order valence-corrected chi connectivity index (χ2v) is 5.11. The minimum Gasteiger partial charge on any atom is -0.366 e. The molecule has 2 N–H and O–H groups in total. The first-order valence-corrected chi connectivity index (χ1v) is 6.54. The zero-order chi connectivity index (χ0) is 13.2. The number of amides is 1. The van der Waals surface area contributed by atoms with Crippen molar-refractivity contribution in [3.8, 4) is 15.4 Å². The largest absolute Gasteiger partial charge is 0.366 e. The third kappa shape index (κ3) is 2.28. The highest BCUT2D eigenvalue weighted by atomic mass is 32.1. The Bertz CT molecular complexity index is 715. The molecular formula is C14H11N3OS. The van der Waals surface area contributed by atoms with E-state index in [1.807, 2.05) is 29.0 Å². The molecule has 0 unspecified atom stereocenters. The summed E-state index contributed by atoms with van der Waals surface area (Å²) in [5, 5.41) is 1.04. The van der Waals surface area contributed by atoms with Crippen LogP contribution in [0.5, 0.6) is 0 Å². The van der Waals surface area contributed by atoms with E-state index in [0.29, 0.717) is 5.56 Å². The molecule has 0 radical (unpaired) electrons. The van der Waals surface area contributed by atoms with Crippen molar-refractivity contribution in [2.75, 3.05) is 0 Å². The van der Waals surface area contributed by atoms with Gasteiger partial charge in [-0.05, 0) is 35.9 Å². The number of pyridine rings is 1. The quantitative estimate of drug-likeness (QED) is 0.794. The molecule has 0 aliphatic rings. The van der Waals surface area contributed by atoms with Crippen LogP contribution in [0.25, 0.3) is 15.4 Å². The molecule has 0 fully saturated rings. The summed E-state index contributed by atoms with van der Waals surface area (Å²) >= 11 is 1.65. The van der Waals surface area contributed by atoms with Crippen LogP contribution in [-0.4, -0.2) is 15.5 Å². The van der Waals surface area contributed by atoms with Gasteiger partial charge < -0.3 is 10.3 Å². The molecule has 0 spiro atoms. The molecule has 0 aliphatic carbocycles. The van der Waals surface area contributed by atoms with Crippen LogP contribution in [-0.2, 0) is 0 Å². The van der Waals surface area contributed by atoms with Crippen molar-refractivity contribution in [2.45, 2.75) is 0 Å². The maximum Gasteiger partial charge on any atom is 0.250 e. The zero-order valence-corrected chi connectivity index (χ0v) is 10.8. The number of aromatic nitrogens is 2. The number of carbonyl (C=O) groups excluding carboxylic acids is 1. The normalized spacial score (nSPS) is 10.5. The minimum absolute atomic E-state index is 0.412. The van der Waals surface area contributed by atoms with Gasteiger partial charge in [0.25, 0.3) is 0 Å². The van der Waals surface area contributed by atoms with Gasteiger partial charge in [-0.3, -0.25) is 9.78 Å². The van der Waals surface area contributed by atoms with Crippen molar-refractivity contribution in [1.29, 1.82) is 0 Å². The van der Waals surface area contributed by atoms with E-state index >= 15 is 0 Å². The standard InChI is InChI=1S/C14H11N3OS/c15-14(18)11-5-8-17(9-11)13-2-1-12(19-13)10-3-6-16-7-4-10/h1-9H,(H2,15,18). The molecule has 0 saturated heterocycles. The maximum absolute atomic E-state index is 11.1. The summed E-state index contributed by atoms with van der Waals surface area (Å²) in [4.78, 5) is 16.2. The highest BCUT2D eigenvalue weighted by molar-refractivity contribution is 7.17. The van der Waals surface area contributed by atoms with Gasteiger partial charge in [0.1, 0.15) is 0 Å². The zero-order valence-electron chi connectivity index (χ0n) is 9.98. The fraction of sp³-hybridized carbons (Fsp3) is 0. The van der Waals surface area contributed by atoms with Crippen LogP contribution in [0, 0.1) is 0 Å². The number of thiophene rings is 1. The van der Waals surface area contributed by atoms with Gasteiger partial charge in [-0.25, -0.2) is 0 Å². The fourth-order valence-electron chi connectivity index (χ4n) is 1.82. The summed E-state index contributed by atoms with van der Waals surface area (Å²) in [5.41, 5.74) is 6.89. The van der Waals surface area contributed by atoms with Crippen LogP contribution in [0.2, 0.25) is 0 Å². The molecule has 0 saturated carbocycles. The van der Waals surface area contributed by atoms with E-state index in [0.717, 1.165) is 15.4 Å². The SMILES string of the molecule is NC(=O)c1ccn(-c2ccc(-c3ccncc3)s2)c1. The number of rotatable bonds is 3. The lowest BCUT2D eigenvalue weighted by Gasteiger charge is -1.97. The first-order valence-electron chi connectivity index (χ1n) is 5.72. The van der Waals surface area contributed by atoms with Crippen LogP contribution in [0.1, 0.15) is 10.4 Å². The van der Waals surface area contributed by atoms with Gasteiger partial charge in [0.05, 0.1) is 10.6 Å². The van der Waals surface area contributed by atoms with Crippen molar-refractivity contribution < 1.29 is 4.79 Å². The topological polar surface area (TPSA) is 60.9 Å². The summed E-state index contributed by atoms with van der Waals surface area (Å²) in [6.45, 7) is 0. The first kappa shape index (κ1) is 11.7. The second-order valence-electron chi connectivity index (χ2n) is 4.05. The lowest BCUT2D eigenvalue weighted by atomic mass is 10.2. The van der Waals surface area contributed by atoms with Crippen molar-refractivity contribution >= 4 is 17.2 Å². The first-order chi connectivity index (χ1) is 9.24. The predicted molar refractivity (Wildman–Crippen MR) is 75.4 cm³/mol. The summed E-state index contributed by atoms with van der Waals surface area (Å²) < 4.78 is 1.90. The second kappa shape index (κ2) is 4.70. The molecule has 1 amide bonds. The number of nitrogens with two attached hydrogens (primary N) is 1. The van der Waals surface area contributed by atoms with Crippen LogP contribution >= 0.6 is 11.3 Å². The van der Waals surface area contributed by atoms with E-state index in [1.54, 1.807) is 36.0 Å². The van der Waals surface area contributed by atoms with Gasteiger partial charge in [-0.15, -0.1) is 11.3 Å². The molecular weight excluding hydrogens is 258 g/mol. The molecule has 0 bridgehead atoms. The molecule has 3 aromatic rings. The van der Waals surface area contributed by atoms with Crippen molar-refractivity contribution in [1.82, 2.24) is 9.55 Å². The Morgan fingerprint density at radius 3 is 2.63 bits per heavy atom. The molecule has 94 valence electrons. The third-order valence-corrected chi connectivity index (χ3v) is 3.94. The van der Waals surface area contributed by atoms with E-state index in [2.05, 4.69) is 11.1 Å². The monoisotopic (exact) mass is 269 g/mol. The Labute approximate surface area is 114 Å². The van der Waals surface area contributed by atoms with Gasteiger partial charge in [0.2, 0.25) is 5.91 Å². The molecule has 0 aromatic carbocycles. The van der Waals surface area contributed by atoms with Crippen molar-refractivity contribution in [3.63, 3.8) is 0 Å². The Hall–Kier alpha value is -2.40. The average Bonchev–Trinajstić information content (AvgIpc) is 3.09. The lowest BCUT2D eigenvalue weighted by molar-refractivity contribution is 0.100. The van der Waals surface area contributed by atoms with Gasteiger partial charge in [-0.1, -0.05) is 0 Å². The molecule has 3 rings (SSSR count). The Balaban J connectivity index is 1.94. The summed E-state index contributed by atoms with van der Waals surface area (Å²) in [7, 11) is 0. The predicted octanol–water partition coefficient (Wildman–Crippen LogP) is 2.70. The maximum atomic E-state index is 11.1. The van der Waals surface area contributed by atoms with Crippen molar-refractivity contribution in [2.24, 2.45) is 5.73 Å². The smallest absolute Gasteiger partial charge is 0.250 e. The molecule has 3 aromatic heterocycles. The molecule has 0 aliphatic heterocycles. The van der Waals surface area contributed by atoms with E-state index in [4.69, 9.17) is 5.73 Å². The Morgan fingerprint density at radius 2 is 1.95 bits per heavy atom. The number of hydrogen-bond donors (Lipinski definition) is 1. The average molecular weight is 269 g/mol. The Kier molecular flexibility index (Phi) is 2.89. The van der Waals surface area contributed by atoms with E-state index in [1.165, 1.54) is 0 Å². The lowest BCUT2D eigenvalue weighted by Crippen LogP contribution is -2.09.